The molecule has 0 saturated heterocycles. The third-order valence-corrected chi connectivity index (χ3v) is 4.48. The standard InChI is InChI=1S/C23H26N4O/c1-16-5-7-17(8-6-16)13-26-22(28)20-14-25-21(15-24-20)27-19-11-9-18(10-12-19)23(2,3)4/h5-12,14-15H,13H2,1-4H3,(H,25,27)(H,26,28). The molecule has 0 saturated carbocycles. The molecule has 0 unspecified atom stereocenters. The molecule has 0 spiro atoms. The molecule has 0 radical (unpaired) electrons. The lowest BCUT2D eigenvalue weighted by molar-refractivity contribution is 0.0945. The first-order chi connectivity index (χ1) is 13.3. The lowest BCUT2D eigenvalue weighted by atomic mass is 9.87. The van der Waals surface area contributed by atoms with E-state index < -0.39 is 0 Å². The van der Waals surface area contributed by atoms with Gasteiger partial charge in [-0.3, -0.25) is 4.79 Å². The van der Waals surface area contributed by atoms with Gasteiger partial charge < -0.3 is 10.6 Å². The fourth-order valence-corrected chi connectivity index (χ4v) is 2.69. The number of rotatable bonds is 5. The van der Waals surface area contributed by atoms with Gasteiger partial charge in [-0.05, 0) is 35.6 Å². The molecule has 5 nitrogen and oxygen atoms in total. The molecule has 0 aliphatic heterocycles. The predicted octanol–water partition coefficient (Wildman–Crippen LogP) is 4.76. The number of amides is 1. The minimum absolute atomic E-state index is 0.117. The van der Waals surface area contributed by atoms with Gasteiger partial charge in [-0.25, -0.2) is 9.97 Å². The van der Waals surface area contributed by atoms with Crippen LogP contribution in [0.15, 0.2) is 60.9 Å². The number of carbonyl (C=O) groups excluding carboxylic acids is 1. The maximum Gasteiger partial charge on any atom is 0.271 e. The highest BCUT2D eigenvalue weighted by Gasteiger charge is 2.13. The maximum atomic E-state index is 12.3. The normalized spacial score (nSPS) is 11.1. The Morgan fingerprint density at radius 2 is 1.61 bits per heavy atom. The summed E-state index contributed by atoms with van der Waals surface area (Å²) < 4.78 is 0. The summed E-state index contributed by atoms with van der Waals surface area (Å²) in [6, 6.07) is 16.3. The molecule has 0 atom stereocenters. The van der Waals surface area contributed by atoms with Crippen LogP contribution in [-0.4, -0.2) is 15.9 Å². The zero-order valence-electron chi connectivity index (χ0n) is 16.8. The molecule has 1 amide bonds. The Balaban J connectivity index is 1.58. The van der Waals surface area contributed by atoms with Gasteiger partial charge >= 0.3 is 0 Å². The number of hydrogen-bond acceptors (Lipinski definition) is 4. The van der Waals surface area contributed by atoms with E-state index in [1.54, 1.807) is 6.20 Å². The number of anilines is 2. The first-order valence-corrected chi connectivity index (χ1v) is 9.34. The van der Waals surface area contributed by atoms with Crippen LogP contribution in [0.5, 0.6) is 0 Å². The third-order valence-electron chi connectivity index (χ3n) is 4.48. The molecule has 1 aromatic heterocycles. The smallest absolute Gasteiger partial charge is 0.271 e. The van der Waals surface area contributed by atoms with Gasteiger partial charge in [0, 0.05) is 12.2 Å². The van der Waals surface area contributed by atoms with Crippen LogP contribution < -0.4 is 10.6 Å². The molecule has 5 heteroatoms. The van der Waals surface area contributed by atoms with Gasteiger partial charge in [0.1, 0.15) is 11.5 Å². The second-order valence-corrected chi connectivity index (χ2v) is 7.91. The largest absolute Gasteiger partial charge is 0.347 e. The number of nitrogens with one attached hydrogen (secondary N) is 2. The SMILES string of the molecule is Cc1ccc(CNC(=O)c2cnc(Nc3ccc(C(C)(C)C)cc3)cn2)cc1. The summed E-state index contributed by atoms with van der Waals surface area (Å²) in [5.74, 6) is 0.354. The van der Waals surface area contributed by atoms with Crippen LogP contribution >= 0.6 is 0 Å². The molecule has 28 heavy (non-hydrogen) atoms. The fraction of sp³-hybridized carbons (Fsp3) is 0.261. The Morgan fingerprint density at radius 1 is 0.929 bits per heavy atom. The highest BCUT2D eigenvalue weighted by Crippen LogP contribution is 2.24. The molecule has 1 heterocycles. The van der Waals surface area contributed by atoms with E-state index in [-0.39, 0.29) is 11.3 Å². The molecular weight excluding hydrogens is 348 g/mol. The molecule has 3 aromatic rings. The molecule has 0 bridgehead atoms. The van der Waals surface area contributed by atoms with E-state index in [2.05, 4.69) is 53.5 Å². The van der Waals surface area contributed by atoms with E-state index in [0.29, 0.717) is 18.1 Å². The van der Waals surface area contributed by atoms with Crippen LogP contribution in [0.3, 0.4) is 0 Å². The van der Waals surface area contributed by atoms with E-state index in [1.807, 2.05) is 43.3 Å². The van der Waals surface area contributed by atoms with Crippen molar-refractivity contribution < 1.29 is 4.79 Å². The second kappa shape index (κ2) is 8.21. The number of nitrogens with zero attached hydrogens (tertiary/aromatic N) is 2. The van der Waals surface area contributed by atoms with Gasteiger partial charge in [-0.1, -0.05) is 62.7 Å². The molecule has 0 fully saturated rings. The third kappa shape index (κ3) is 5.16. The van der Waals surface area contributed by atoms with Crippen molar-refractivity contribution in [2.75, 3.05) is 5.32 Å². The molecule has 3 rings (SSSR count). The van der Waals surface area contributed by atoms with Crippen LogP contribution in [0.25, 0.3) is 0 Å². The monoisotopic (exact) mass is 374 g/mol. The number of aryl methyl sites for hydroxylation is 1. The van der Waals surface area contributed by atoms with Crippen molar-refractivity contribution in [1.82, 2.24) is 15.3 Å². The summed E-state index contributed by atoms with van der Waals surface area (Å²) in [6.07, 6.45) is 3.05. The minimum Gasteiger partial charge on any atom is -0.347 e. The van der Waals surface area contributed by atoms with Gasteiger partial charge in [0.25, 0.3) is 5.91 Å². The van der Waals surface area contributed by atoms with Crippen molar-refractivity contribution in [3.8, 4) is 0 Å². The van der Waals surface area contributed by atoms with E-state index in [9.17, 15) is 4.79 Å². The Labute approximate surface area is 166 Å². The average Bonchev–Trinajstić information content (AvgIpc) is 2.67. The first kappa shape index (κ1) is 19.5. The molecule has 2 aromatic carbocycles. The highest BCUT2D eigenvalue weighted by atomic mass is 16.1. The molecule has 144 valence electrons. The maximum absolute atomic E-state index is 12.3. The summed E-state index contributed by atoms with van der Waals surface area (Å²) >= 11 is 0. The lowest BCUT2D eigenvalue weighted by Gasteiger charge is -2.19. The number of hydrogen-bond donors (Lipinski definition) is 2. The van der Waals surface area contributed by atoms with Crippen molar-refractivity contribution in [1.29, 1.82) is 0 Å². The molecule has 2 N–H and O–H groups in total. The van der Waals surface area contributed by atoms with Gasteiger partial charge in [-0.2, -0.15) is 0 Å². The van der Waals surface area contributed by atoms with Crippen LogP contribution in [0.4, 0.5) is 11.5 Å². The number of benzene rings is 2. The molecule has 0 aliphatic carbocycles. The van der Waals surface area contributed by atoms with Gasteiger partial charge in [0.2, 0.25) is 0 Å². The minimum atomic E-state index is -0.242. The van der Waals surface area contributed by atoms with E-state index in [1.165, 1.54) is 17.3 Å². The Hall–Kier alpha value is -3.21. The van der Waals surface area contributed by atoms with Gasteiger partial charge in [-0.15, -0.1) is 0 Å². The van der Waals surface area contributed by atoms with Crippen molar-refractivity contribution in [3.05, 3.63) is 83.3 Å². The van der Waals surface area contributed by atoms with E-state index in [4.69, 9.17) is 0 Å². The lowest BCUT2D eigenvalue weighted by Crippen LogP contribution is -2.24. The van der Waals surface area contributed by atoms with Crippen LogP contribution in [0.2, 0.25) is 0 Å². The quantitative estimate of drug-likeness (QED) is 0.676. The summed E-state index contributed by atoms with van der Waals surface area (Å²) in [5.41, 5.74) is 4.84. The van der Waals surface area contributed by atoms with E-state index in [0.717, 1.165) is 11.3 Å². The first-order valence-electron chi connectivity index (χ1n) is 9.34. The van der Waals surface area contributed by atoms with Gasteiger partial charge in [0.15, 0.2) is 0 Å². The number of aromatic nitrogens is 2. The van der Waals surface area contributed by atoms with Gasteiger partial charge in [0.05, 0.1) is 12.4 Å². The zero-order valence-corrected chi connectivity index (χ0v) is 16.8. The summed E-state index contributed by atoms with van der Waals surface area (Å²) in [6.45, 7) is 9.05. The Bertz CT molecular complexity index is 924. The fourth-order valence-electron chi connectivity index (χ4n) is 2.69. The summed E-state index contributed by atoms with van der Waals surface area (Å²) in [7, 11) is 0. The summed E-state index contributed by atoms with van der Waals surface area (Å²) in [5, 5.41) is 6.07. The highest BCUT2D eigenvalue weighted by molar-refractivity contribution is 5.92. The zero-order chi connectivity index (χ0) is 20.1. The Morgan fingerprint density at radius 3 is 2.18 bits per heavy atom. The second-order valence-electron chi connectivity index (χ2n) is 7.91. The van der Waals surface area contributed by atoms with Crippen molar-refractivity contribution >= 4 is 17.4 Å². The topological polar surface area (TPSA) is 66.9 Å². The van der Waals surface area contributed by atoms with Crippen molar-refractivity contribution in [2.45, 2.75) is 39.7 Å². The molecule has 0 aliphatic rings. The molecular formula is C23H26N4O. The Kier molecular flexibility index (Phi) is 5.73. The van der Waals surface area contributed by atoms with Crippen LogP contribution in [0.1, 0.15) is 48.0 Å². The van der Waals surface area contributed by atoms with Crippen molar-refractivity contribution in [3.63, 3.8) is 0 Å². The van der Waals surface area contributed by atoms with Crippen molar-refractivity contribution in [2.24, 2.45) is 0 Å². The van der Waals surface area contributed by atoms with Crippen LogP contribution in [0, 0.1) is 6.92 Å². The number of carbonyl (C=O) groups is 1. The van der Waals surface area contributed by atoms with E-state index >= 15 is 0 Å². The average molecular weight is 374 g/mol. The van der Waals surface area contributed by atoms with Crippen LogP contribution in [-0.2, 0) is 12.0 Å². The summed E-state index contributed by atoms with van der Waals surface area (Å²) in [4.78, 5) is 20.8. The predicted molar refractivity (Wildman–Crippen MR) is 113 cm³/mol.